The Labute approximate surface area is 141 Å². The topological polar surface area (TPSA) is 36.1 Å². The van der Waals surface area contributed by atoms with E-state index in [-0.39, 0.29) is 5.91 Å². The number of aromatic amines is 1. The van der Waals surface area contributed by atoms with Gasteiger partial charge < -0.3 is 9.88 Å². The summed E-state index contributed by atoms with van der Waals surface area (Å²) in [6.07, 6.45) is 5.15. The van der Waals surface area contributed by atoms with Crippen molar-refractivity contribution in [3.05, 3.63) is 71.4 Å². The highest BCUT2D eigenvalue weighted by molar-refractivity contribution is 6.06. The molecule has 1 unspecified atom stereocenters. The predicted octanol–water partition coefficient (Wildman–Crippen LogP) is 4.11. The number of rotatable bonds is 1. The van der Waals surface area contributed by atoms with Gasteiger partial charge in [0.15, 0.2) is 0 Å². The molecule has 24 heavy (non-hydrogen) atoms. The summed E-state index contributed by atoms with van der Waals surface area (Å²) in [5.74, 6) is 0.680. The molecule has 0 saturated carbocycles. The highest BCUT2D eigenvalue weighted by Gasteiger charge is 2.40. The quantitative estimate of drug-likeness (QED) is 0.720. The molecule has 1 N–H and O–H groups in total. The molecule has 2 aliphatic rings. The van der Waals surface area contributed by atoms with Gasteiger partial charge >= 0.3 is 0 Å². The zero-order valence-electron chi connectivity index (χ0n) is 13.5. The second kappa shape index (κ2) is 5.23. The van der Waals surface area contributed by atoms with Crippen molar-refractivity contribution in [1.82, 2.24) is 9.88 Å². The van der Waals surface area contributed by atoms with Crippen LogP contribution in [-0.2, 0) is 6.42 Å². The van der Waals surface area contributed by atoms with E-state index in [1.165, 1.54) is 17.5 Å². The summed E-state index contributed by atoms with van der Waals surface area (Å²) in [4.78, 5) is 18.6. The van der Waals surface area contributed by atoms with Crippen molar-refractivity contribution in [3.8, 4) is 0 Å². The molecule has 1 amide bonds. The minimum atomic E-state index is 0.176. The van der Waals surface area contributed by atoms with E-state index in [0.717, 1.165) is 35.9 Å². The Balaban J connectivity index is 1.52. The smallest absolute Gasteiger partial charge is 0.256 e. The van der Waals surface area contributed by atoms with Gasteiger partial charge in [-0.3, -0.25) is 4.79 Å². The van der Waals surface area contributed by atoms with E-state index in [2.05, 4.69) is 34.1 Å². The second-order valence-electron chi connectivity index (χ2n) is 6.97. The maximum Gasteiger partial charge on any atom is 0.256 e. The summed E-state index contributed by atoms with van der Waals surface area (Å²) in [5, 5.41) is 1.03. The Bertz CT molecular complexity index is 926. The molecule has 2 atom stereocenters. The van der Waals surface area contributed by atoms with Crippen molar-refractivity contribution < 1.29 is 4.79 Å². The van der Waals surface area contributed by atoms with Crippen LogP contribution in [0.25, 0.3) is 10.9 Å². The molecule has 3 aromatic rings. The summed E-state index contributed by atoms with van der Waals surface area (Å²) in [5.41, 5.74) is 4.72. The number of fused-ring (bicyclic) bond motifs is 4. The Morgan fingerprint density at radius 3 is 2.88 bits per heavy atom. The number of amides is 1. The lowest BCUT2D eigenvalue weighted by Crippen LogP contribution is -2.46. The third-order valence-corrected chi connectivity index (χ3v) is 5.74. The molecule has 120 valence electrons. The van der Waals surface area contributed by atoms with E-state index in [9.17, 15) is 4.79 Å². The Morgan fingerprint density at radius 2 is 1.92 bits per heavy atom. The first-order valence-corrected chi connectivity index (χ1v) is 8.78. The van der Waals surface area contributed by atoms with E-state index in [0.29, 0.717) is 12.0 Å². The monoisotopic (exact) mass is 316 g/mol. The predicted molar refractivity (Wildman–Crippen MR) is 95.2 cm³/mol. The van der Waals surface area contributed by atoms with Crippen LogP contribution >= 0.6 is 0 Å². The number of aromatic nitrogens is 1. The number of para-hydroxylation sites is 1. The Kier molecular flexibility index (Phi) is 3.02. The van der Waals surface area contributed by atoms with Gasteiger partial charge in [-0.05, 0) is 36.5 Å². The van der Waals surface area contributed by atoms with E-state index in [1.807, 2.05) is 30.5 Å². The van der Waals surface area contributed by atoms with Crippen molar-refractivity contribution in [3.63, 3.8) is 0 Å². The van der Waals surface area contributed by atoms with Crippen LogP contribution in [0.4, 0.5) is 0 Å². The van der Waals surface area contributed by atoms with Gasteiger partial charge in [-0.1, -0.05) is 42.5 Å². The summed E-state index contributed by atoms with van der Waals surface area (Å²) in [6.45, 7) is 0.869. The number of carbonyl (C=O) groups excluding carboxylic acids is 1. The first-order valence-electron chi connectivity index (χ1n) is 8.78. The van der Waals surface area contributed by atoms with E-state index in [1.54, 1.807) is 0 Å². The van der Waals surface area contributed by atoms with Gasteiger partial charge in [0.25, 0.3) is 5.91 Å². The lowest BCUT2D eigenvalue weighted by atomic mass is 9.88. The lowest BCUT2D eigenvalue weighted by Gasteiger charge is -2.38. The number of hydrogen-bond donors (Lipinski definition) is 1. The molecule has 1 saturated heterocycles. The van der Waals surface area contributed by atoms with Gasteiger partial charge in [0, 0.05) is 35.6 Å². The molecular formula is C21H20N2O. The maximum absolute atomic E-state index is 13.3. The maximum atomic E-state index is 13.3. The zero-order chi connectivity index (χ0) is 16.1. The van der Waals surface area contributed by atoms with Crippen LogP contribution in [0.3, 0.4) is 0 Å². The fraction of sp³-hybridized carbons (Fsp3) is 0.286. The van der Waals surface area contributed by atoms with Gasteiger partial charge in [0.05, 0.1) is 5.56 Å². The molecule has 1 aliphatic heterocycles. The van der Waals surface area contributed by atoms with Gasteiger partial charge in [-0.2, -0.15) is 0 Å². The number of piperidine rings is 1. The summed E-state index contributed by atoms with van der Waals surface area (Å²) >= 11 is 0. The number of nitrogens with one attached hydrogen (secondary N) is 1. The molecule has 3 heteroatoms. The van der Waals surface area contributed by atoms with E-state index < -0.39 is 0 Å². The normalized spacial score (nSPS) is 22.4. The van der Waals surface area contributed by atoms with Crippen LogP contribution in [0.2, 0.25) is 0 Å². The number of hydrogen-bond acceptors (Lipinski definition) is 1. The number of benzene rings is 2. The van der Waals surface area contributed by atoms with Crippen molar-refractivity contribution in [2.45, 2.75) is 31.2 Å². The molecule has 2 heterocycles. The van der Waals surface area contributed by atoms with Crippen LogP contribution in [0.5, 0.6) is 0 Å². The van der Waals surface area contributed by atoms with Crippen molar-refractivity contribution >= 4 is 16.8 Å². The van der Waals surface area contributed by atoms with E-state index >= 15 is 0 Å². The number of H-pyrrole nitrogens is 1. The minimum absolute atomic E-state index is 0.176. The SMILES string of the molecule is O=C(c1c[nH]c2ccccc12)N1CCCC2c3ccccc3C[C@@H]21. The fourth-order valence-electron chi connectivity index (χ4n) is 4.63. The zero-order valence-corrected chi connectivity index (χ0v) is 13.5. The fourth-order valence-corrected chi connectivity index (χ4v) is 4.63. The van der Waals surface area contributed by atoms with Crippen molar-refractivity contribution in [2.75, 3.05) is 6.54 Å². The van der Waals surface area contributed by atoms with Gasteiger partial charge in [0.1, 0.15) is 0 Å². The summed E-state index contributed by atoms with van der Waals surface area (Å²) < 4.78 is 0. The highest BCUT2D eigenvalue weighted by Crippen LogP contribution is 2.42. The number of carbonyl (C=O) groups is 1. The first kappa shape index (κ1) is 13.8. The van der Waals surface area contributed by atoms with Crippen molar-refractivity contribution in [2.24, 2.45) is 0 Å². The lowest BCUT2D eigenvalue weighted by molar-refractivity contribution is 0.0597. The molecule has 0 bridgehead atoms. The first-order chi connectivity index (χ1) is 11.8. The molecule has 5 rings (SSSR count). The second-order valence-corrected chi connectivity index (χ2v) is 6.97. The largest absolute Gasteiger partial charge is 0.360 e. The van der Waals surface area contributed by atoms with Gasteiger partial charge in [-0.25, -0.2) is 0 Å². The number of nitrogens with zero attached hydrogens (tertiary/aromatic N) is 1. The Morgan fingerprint density at radius 1 is 1.08 bits per heavy atom. The summed E-state index contributed by atoms with van der Waals surface area (Å²) in [6, 6.07) is 17.1. The van der Waals surface area contributed by atoms with Crippen LogP contribution in [0.15, 0.2) is 54.7 Å². The Hall–Kier alpha value is -2.55. The standard InChI is InChI=1S/C21H20N2O/c24-21(18-13-22-19-10-4-3-8-16(18)19)23-11-5-9-17-15-7-2-1-6-14(15)12-20(17)23/h1-4,6-8,10,13,17,20,22H,5,9,11-12H2/t17?,20-/m0/s1. The van der Waals surface area contributed by atoms with Crippen molar-refractivity contribution in [1.29, 1.82) is 0 Å². The molecule has 0 spiro atoms. The average Bonchev–Trinajstić information content (AvgIpc) is 3.22. The molecular weight excluding hydrogens is 296 g/mol. The van der Waals surface area contributed by atoms with Crippen LogP contribution in [-0.4, -0.2) is 28.4 Å². The molecule has 0 radical (unpaired) electrons. The van der Waals surface area contributed by atoms with Crippen LogP contribution in [0, 0.1) is 0 Å². The van der Waals surface area contributed by atoms with Crippen LogP contribution < -0.4 is 0 Å². The molecule has 3 nitrogen and oxygen atoms in total. The number of likely N-dealkylation sites (tertiary alicyclic amines) is 1. The van der Waals surface area contributed by atoms with Gasteiger partial charge in [0.2, 0.25) is 0 Å². The third kappa shape index (κ3) is 1.94. The molecule has 1 fully saturated rings. The molecule has 1 aromatic heterocycles. The molecule has 2 aromatic carbocycles. The van der Waals surface area contributed by atoms with E-state index in [4.69, 9.17) is 0 Å². The summed E-state index contributed by atoms with van der Waals surface area (Å²) in [7, 11) is 0. The highest BCUT2D eigenvalue weighted by atomic mass is 16.2. The third-order valence-electron chi connectivity index (χ3n) is 5.74. The molecule has 1 aliphatic carbocycles. The minimum Gasteiger partial charge on any atom is -0.360 e. The van der Waals surface area contributed by atoms with Crippen LogP contribution in [0.1, 0.15) is 40.2 Å². The van der Waals surface area contributed by atoms with Gasteiger partial charge in [-0.15, -0.1) is 0 Å². The average molecular weight is 316 g/mol.